The summed E-state index contributed by atoms with van der Waals surface area (Å²) in [5, 5.41) is 0. The fraction of sp³-hybridized carbons (Fsp3) is 0.235. The maximum atomic E-state index is 12.6. The van der Waals surface area contributed by atoms with Crippen LogP contribution in [0.5, 0.6) is 0 Å². The van der Waals surface area contributed by atoms with E-state index in [1.54, 1.807) is 6.26 Å². The summed E-state index contributed by atoms with van der Waals surface area (Å²) in [4.78, 5) is 12.6. The zero-order valence-electron chi connectivity index (χ0n) is 13.1. The first-order valence-corrected chi connectivity index (χ1v) is 9.58. The Kier molecular flexibility index (Phi) is 5.42. The lowest BCUT2D eigenvalue weighted by Gasteiger charge is -2.06. The molecule has 0 saturated carbocycles. The average molecular weight is 333 g/mol. The van der Waals surface area contributed by atoms with E-state index >= 15 is 0 Å². The molecule has 5 heteroatoms. The number of hydrogen-bond acceptors (Lipinski definition) is 3. The second-order valence-electron chi connectivity index (χ2n) is 5.02. The highest BCUT2D eigenvalue weighted by Gasteiger charge is 2.14. The lowest BCUT2D eigenvalue weighted by atomic mass is 10.1. The van der Waals surface area contributed by atoms with Crippen molar-refractivity contribution in [3.05, 3.63) is 63.2 Å². The monoisotopic (exact) mass is 333 g/mol. The molecule has 1 aromatic heterocycles. The van der Waals surface area contributed by atoms with Crippen LogP contribution in [-0.2, 0) is 17.8 Å². The molecular formula is C17H19NO2S2. The summed E-state index contributed by atoms with van der Waals surface area (Å²) in [6.07, 6.45) is 5.42. The van der Waals surface area contributed by atoms with Gasteiger partial charge in [0.05, 0.1) is 20.7 Å². The van der Waals surface area contributed by atoms with E-state index < -0.39 is 10.8 Å². The molecule has 116 valence electrons. The van der Waals surface area contributed by atoms with Crippen LogP contribution in [0.3, 0.4) is 0 Å². The van der Waals surface area contributed by atoms with Gasteiger partial charge in [-0.15, -0.1) is 11.8 Å². The molecule has 0 aliphatic heterocycles. The van der Waals surface area contributed by atoms with Crippen LogP contribution >= 0.6 is 11.8 Å². The molecule has 0 spiro atoms. The molecule has 0 aliphatic carbocycles. The normalized spacial score (nSPS) is 13.2. The minimum Gasteiger partial charge on any atom is -0.341 e. The van der Waals surface area contributed by atoms with Gasteiger partial charge in [0.25, 0.3) is 0 Å². The lowest BCUT2D eigenvalue weighted by molar-refractivity contribution is 0.103. The molecule has 1 heterocycles. The molecular weight excluding hydrogens is 314 g/mol. The van der Waals surface area contributed by atoms with E-state index in [0.717, 1.165) is 15.5 Å². The number of thioether (sulfide) groups is 1. The van der Waals surface area contributed by atoms with Crippen LogP contribution in [-0.4, -0.2) is 27.1 Å². The average Bonchev–Trinajstić information content (AvgIpc) is 2.85. The Labute approximate surface area is 137 Å². The van der Waals surface area contributed by atoms with Crippen molar-refractivity contribution < 1.29 is 9.00 Å². The third-order valence-corrected chi connectivity index (χ3v) is 5.87. The SMILES string of the molecule is CS/C(=C/c1ccc(C(=O)c2ccc(C)cc2)n1C)S(C)=O. The highest BCUT2D eigenvalue weighted by molar-refractivity contribution is 8.16. The quantitative estimate of drug-likeness (QED) is 0.785. The van der Waals surface area contributed by atoms with Gasteiger partial charge in [-0.1, -0.05) is 29.8 Å². The van der Waals surface area contributed by atoms with E-state index in [4.69, 9.17) is 0 Å². The van der Waals surface area contributed by atoms with Crippen LogP contribution in [0.4, 0.5) is 0 Å². The molecule has 0 amide bonds. The van der Waals surface area contributed by atoms with E-state index in [1.165, 1.54) is 11.8 Å². The topological polar surface area (TPSA) is 39.1 Å². The number of carbonyl (C=O) groups excluding carboxylic acids is 1. The van der Waals surface area contributed by atoms with Gasteiger partial charge in [0.2, 0.25) is 5.78 Å². The molecule has 0 N–H and O–H groups in total. The number of carbonyl (C=O) groups is 1. The smallest absolute Gasteiger partial charge is 0.209 e. The first kappa shape index (κ1) is 16.8. The number of hydrogen-bond donors (Lipinski definition) is 0. The minimum atomic E-state index is -1.03. The first-order valence-electron chi connectivity index (χ1n) is 6.80. The van der Waals surface area contributed by atoms with E-state index in [2.05, 4.69) is 0 Å². The summed E-state index contributed by atoms with van der Waals surface area (Å²) in [6.45, 7) is 1.99. The van der Waals surface area contributed by atoms with Crippen LogP contribution in [0.2, 0.25) is 0 Å². The van der Waals surface area contributed by atoms with Crippen LogP contribution in [0.15, 0.2) is 40.6 Å². The van der Waals surface area contributed by atoms with Gasteiger partial charge in [0.1, 0.15) is 0 Å². The molecule has 0 bridgehead atoms. The van der Waals surface area contributed by atoms with Crippen molar-refractivity contribution in [2.45, 2.75) is 6.92 Å². The second-order valence-corrected chi connectivity index (χ2v) is 7.47. The fourth-order valence-corrected chi connectivity index (χ4v) is 3.60. The van der Waals surface area contributed by atoms with Crippen LogP contribution < -0.4 is 0 Å². The summed E-state index contributed by atoms with van der Waals surface area (Å²) in [5.41, 5.74) is 3.29. The number of nitrogens with zero attached hydrogens (tertiary/aromatic N) is 1. The molecule has 0 fully saturated rings. The number of benzene rings is 1. The molecule has 0 aliphatic rings. The van der Waals surface area contributed by atoms with Gasteiger partial charge in [0, 0.05) is 24.6 Å². The number of aromatic nitrogens is 1. The van der Waals surface area contributed by atoms with Gasteiger partial charge < -0.3 is 4.57 Å². The van der Waals surface area contributed by atoms with Crippen molar-refractivity contribution in [1.82, 2.24) is 4.57 Å². The van der Waals surface area contributed by atoms with Crippen molar-refractivity contribution in [1.29, 1.82) is 0 Å². The first-order chi connectivity index (χ1) is 10.4. The molecule has 0 radical (unpaired) electrons. The molecule has 1 unspecified atom stereocenters. The Balaban J connectivity index is 2.37. The number of ketones is 1. The van der Waals surface area contributed by atoms with Crippen molar-refractivity contribution in [2.75, 3.05) is 12.5 Å². The van der Waals surface area contributed by atoms with Crippen molar-refractivity contribution >= 4 is 34.4 Å². The summed E-state index contributed by atoms with van der Waals surface area (Å²) in [7, 11) is 0.825. The highest BCUT2D eigenvalue weighted by Crippen LogP contribution is 2.21. The van der Waals surface area contributed by atoms with Crippen molar-refractivity contribution in [3.8, 4) is 0 Å². The molecule has 0 saturated heterocycles. The Morgan fingerprint density at radius 3 is 2.36 bits per heavy atom. The van der Waals surface area contributed by atoms with Gasteiger partial charge in [-0.3, -0.25) is 9.00 Å². The van der Waals surface area contributed by atoms with Crippen molar-refractivity contribution in [2.24, 2.45) is 7.05 Å². The third-order valence-electron chi connectivity index (χ3n) is 3.46. The molecule has 1 atom stereocenters. The highest BCUT2D eigenvalue weighted by atomic mass is 32.2. The summed E-state index contributed by atoms with van der Waals surface area (Å²) in [5.74, 6) is -0.00882. The third kappa shape index (κ3) is 3.59. The standard InChI is InChI=1S/C17H19NO2S2/c1-12-5-7-13(8-6-12)17(19)15-10-9-14(18(15)2)11-16(21-3)22(4)20/h5-11H,1-4H3/b16-11-. The summed E-state index contributed by atoms with van der Waals surface area (Å²) in [6, 6.07) is 11.2. The van der Waals surface area contributed by atoms with Crippen LogP contribution in [0, 0.1) is 6.92 Å². The zero-order chi connectivity index (χ0) is 16.3. The number of rotatable bonds is 5. The lowest BCUT2D eigenvalue weighted by Crippen LogP contribution is -2.08. The van der Waals surface area contributed by atoms with E-state index in [1.807, 2.05) is 67.3 Å². The fourth-order valence-electron chi connectivity index (χ4n) is 2.13. The zero-order valence-corrected chi connectivity index (χ0v) is 14.8. The van der Waals surface area contributed by atoms with Gasteiger partial charge in [-0.05, 0) is 31.4 Å². The molecule has 2 aromatic rings. The van der Waals surface area contributed by atoms with Crippen molar-refractivity contribution in [3.63, 3.8) is 0 Å². The molecule has 3 nitrogen and oxygen atoms in total. The van der Waals surface area contributed by atoms with E-state index in [-0.39, 0.29) is 5.78 Å². The minimum absolute atomic E-state index is 0.00882. The van der Waals surface area contributed by atoms with Crippen LogP contribution in [0.25, 0.3) is 6.08 Å². The Bertz CT molecular complexity index is 743. The Morgan fingerprint density at radius 1 is 1.18 bits per heavy atom. The Morgan fingerprint density at radius 2 is 1.82 bits per heavy atom. The molecule has 2 rings (SSSR count). The molecule has 1 aromatic carbocycles. The largest absolute Gasteiger partial charge is 0.341 e. The summed E-state index contributed by atoms with van der Waals surface area (Å²) >= 11 is 1.46. The van der Waals surface area contributed by atoms with E-state index in [9.17, 15) is 9.00 Å². The van der Waals surface area contributed by atoms with Gasteiger partial charge in [0.15, 0.2) is 0 Å². The summed E-state index contributed by atoms with van der Waals surface area (Å²) < 4.78 is 14.3. The van der Waals surface area contributed by atoms with Gasteiger partial charge in [-0.25, -0.2) is 0 Å². The van der Waals surface area contributed by atoms with E-state index in [0.29, 0.717) is 11.3 Å². The molecule has 22 heavy (non-hydrogen) atoms. The Hall–Kier alpha value is -1.59. The van der Waals surface area contributed by atoms with Gasteiger partial charge >= 0.3 is 0 Å². The number of aryl methyl sites for hydroxylation is 1. The second kappa shape index (κ2) is 7.11. The predicted octanol–water partition coefficient (Wildman–Crippen LogP) is 3.60. The maximum absolute atomic E-state index is 12.6. The van der Waals surface area contributed by atoms with Crippen LogP contribution in [0.1, 0.15) is 27.3 Å². The maximum Gasteiger partial charge on any atom is 0.209 e. The predicted molar refractivity (Wildman–Crippen MR) is 95.6 cm³/mol. The van der Waals surface area contributed by atoms with Gasteiger partial charge in [-0.2, -0.15) is 0 Å².